The van der Waals surface area contributed by atoms with Crippen LogP contribution >= 0.6 is 11.6 Å². The van der Waals surface area contributed by atoms with Crippen molar-refractivity contribution in [1.29, 1.82) is 0 Å². The van der Waals surface area contributed by atoms with E-state index in [9.17, 15) is 13.6 Å². The summed E-state index contributed by atoms with van der Waals surface area (Å²) in [4.78, 5) is 11.6. The number of halogens is 3. The van der Waals surface area contributed by atoms with E-state index in [0.717, 1.165) is 6.42 Å². The quantitative estimate of drug-likeness (QED) is 0.812. The number of carbonyl (C=O) groups excluding carboxylic acids is 1. The Labute approximate surface area is 109 Å². The number of carbonyl (C=O) groups is 1. The maximum Gasteiger partial charge on any atom is 0.387 e. The van der Waals surface area contributed by atoms with E-state index in [1.54, 1.807) is 0 Å². The summed E-state index contributed by atoms with van der Waals surface area (Å²) in [6.07, 6.45) is 0.816. The first-order valence-electron chi connectivity index (χ1n) is 5.51. The number of alkyl halides is 3. The third-order valence-corrected chi connectivity index (χ3v) is 2.63. The first-order chi connectivity index (χ1) is 8.54. The summed E-state index contributed by atoms with van der Waals surface area (Å²) in [6, 6.07) is 5.68. The van der Waals surface area contributed by atoms with E-state index in [1.807, 2.05) is 6.92 Å². The van der Waals surface area contributed by atoms with Gasteiger partial charge in [-0.25, -0.2) is 0 Å². The number of ether oxygens (including phenoxy) is 1. The van der Waals surface area contributed by atoms with Crippen molar-refractivity contribution in [3.63, 3.8) is 0 Å². The predicted molar refractivity (Wildman–Crippen MR) is 65.0 cm³/mol. The summed E-state index contributed by atoms with van der Waals surface area (Å²) >= 11 is 5.95. The lowest BCUT2D eigenvalue weighted by Crippen LogP contribution is -2.27. The van der Waals surface area contributed by atoms with Crippen LogP contribution in [0.5, 0.6) is 5.75 Å². The standard InChI is InChI=1S/C12H14ClF2NO2/c1-2-7-16-11(17)10(13)8-3-5-9(6-4-8)18-12(14)15/h3-6,10,12H,2,7H2,1H3,(H,16,17). The van der Waals surface area contributed by atoms with Crippen LogP contribution in [0.2, 0.25) is 0 Å². The average Bonchev–Trinajstić information content (AvgIpc) is 2.35. The first-order valence-corrected chi connectivity index (χ1v) is 5.94. The lowest BCUT2D eigenvalue weighted by molar-refractivity contribution is -0.120. The van der Waals surface area contributed by atoms with Crippen LogP contribution in [0.25, 0.3) is 0 Å². The molecule has 0 aliphatic rings. The number of benzene rings is 1. The lowest BCUT2D eigenvalue weighted by atomic mass is 10.1. The fourth-order valence-corrected chi connectivity index (χ4v) is 1.53. The number of hydrogen-bond acceptors (Lipinski definition) is 2. The van der Waals surface area contributed by atoms with Gasteiger partial charge in [-0.1, -0.05) is 19.1 Å². The van der Waals surface area contributed by atoms with Gasteiger partial charge in [0.25, 0.3) is 0 Å². The van der Waals surface area contributed by atoms with Gasteiger partial charge in [0, 0.05) is 6.54 Å². The van der Waals surface area contributed by atoms with Gasteiger partial charge in [-0.15, -0.1) is 11.6 Å². The SMILES string of the molecule is CCCNC(=O)C(Cl)c1ccc(OC(F)F)cc1. The van der Waals surface area contributed by atoms with Crippen LogP contribution in [0.4, 0.5) is 8.78 Å². The number of nitrogens with one attached hydrogen (secondary N) is 1. The van der Waals surface area contributed by atoms with Crippen molar-refractivity contribution in [3.05, 3.63) is 29.8 Å². The Morgan fingerprint density at radius 2 is 2.00 bits per heavy atom. The summed E-state index contributed by atoms with van der Waals surface area (Å²) in [6.45, 7) is -0.385. The Morgan fingerprint density at radius 3 is 2.50 bits per heavy atom. The fourth-order valence-electron chi connectivity index (χ4n) is 1.31. The largest absolute Gasteiger partial charge is 0.435 e. The van der Waals surface area contributed by atoms with E-state index < -0.39 is 12.0 Å². The highest BCUT2D eigenvalue weighted by Gasteiger charge is 2.17. The van der Waals surface area contributed by atoms with Crippen LogP contribution in [-0.2, 0) is 4.79 Å². The summed E-state index contributed by atoms with van der Waals surface area (Å²) in [5.41, 5.74) is 0.534. The zero-order valence-electron chi connectivity index (χ0n) is 9.83. The summed E-state index contributed by atoms with van der Waals surface area (Å²) in [5, 5.41) is 1.82. The monoisotopic (exact) mass is 277 g/mol. The highest BCUT2D eigenvalue weighted by atomic mass is 35.5. The molecule has 0 aliphatic heterocycles. The number of rotatable bonds is 6. The zero-order chi connectivity index (χ0) is 13.5. The van der Waals surface area contributed by atoms with Gasteiger partial charge in [0.1, 0.15) is 11.1 Å². The second kappa shape index (κ2) is 7.16. The van der Waals surface area contributed by atoms with Gasteiger partial charge in [-0.3, -0.25) is 4.79 Å². The minimum absolute atomic E-state index is 0.0339. The molecule has 0 saturated carbocycles. The third-order valence-electron chi connectivity index (χ3n) is 2.18. The Balaban J connectivity index is 2.63. The predicted octanol–water partition coefficient (Wildman–Crippen LogP) is 3.09. The molecule has 6 heteroatoms. The molecule has 0 saturated heterocycles. The molecule has 1 aromatic rings. The van der Waals surface area contributed by atoms with Crippen molar-refractivity contribution in [3.8, 4) is 5.75 Å². The Morgan fingerprint density at radius 1 is 1.39 bits per heavy atom. The molecule has 1 atom stereocenters. The Hall–Kier alpha value is -1.36. The van der Waals surface area contributed by atoms with Gasteiger partial charge < -0.3 is 10.1 Å². The van der Waals surface area contributed by atoms with E-state index in [2.05, 4.69) is 10.1 Å². The molecule has 1 unspecified atom stereocenters. The van der Waals surface area contributed by atoms with Gasteiger partial charge in [-0.05, 0) is 24.1 Å². The molecule has 0 bridgehead atoms. The van der Waals surface area contributed by atoms with Crippen LogP contribution < -0.4 is 10.1 Å². The molecule has 0 aliphatic carbocycles. The molecule has 1 aromatic carbocycles. The maximum atomic E-state index is 11.9. The van der Waals surface area contributed by atoms with Crippen molar-refractivity contribution in [1.82, 2.24) is 5.32 Å². The summed E-state index contributed by atoms with van der Waals surface area (Å²) in [5.74, 6) is -0.271. The molecule has 18 heavy (non-hydrogen) atoms. The van der Waals surface area contributed by atoms with Gasteiger partial charge in [0.05, 0.1) is 0 Å². The number of hydrogen-bond donors (Lipinski definition) is 1. The Kier molecular flexibility index (Phi) is 5.85. The van der Waals surface area contributed by atoms with E-state index in [-0.39, 0.29) is 11.7 Å². The van der Waals surface area contributed by atoms with E-state index in [1.165, 1.54) is 24.3 Å². The average molecular weight is 278 g/mol. The third kappa shape index (κ3) is 4.49. The molecule has 0 aromatic heterocycles. The minimum atomic E-state index is -2.87. The maximum absolute atomic E-state index is 11.9. The van der Waals surface area contributed by atoms with Crippen LogP contribution in [0.3, 0.4) is 0 Å². The number of amides is 1. The normalized spacial score (nSPS) is 12.3. The lowest BCUT2D eigenvalue weighted by Gasteiger charge is -2.11. The molecule has 0 spiro atoms. The van der Waals surface area contributed by atoms with E-state index in [0.29, 0.717) is 12.1 Å². The first kappa shape index (κ1) is 14.7. The molecular weight excluding hydrogens is 264 g/mol. The molecule has 0 fully saturated rings. The second-order valence-corrected chi connectivity index (χ2v) is 4.04. The minimum Gasteiger partial charge on any atom is -0.435 e. The molecule has 1 rings (SSSR count). The van der Waals surface area contributed by atoms with Gasteiger partial charge in [0.2, 0.25) is 5.91 Å². The van der Waals surface area contributed by atoms with Crippen LogP contribution in [0.15, 0.2) is 24.3 Å². The topological polar surface area (TPSA) is 38.3 Å². The molecular formula is C12H14ClF2NO2. The van der Waals surface area contributed by atoms with Crippen molar-refractivity contribution >= 4 is 17.5 Å². The van der Waals surface area contributed by atoms with Gasteiger partial charge >= 0.3 is 6.61 Å². The summed E-state index contributed by atoms with van der Waals surface area (Å²) in [7, 11) is 0. The van der Waals surface area contributed by atoms with Gasteiger partial charge in [-0.2, -0.15) is 8.78 Å². The van der Waals surface area contributed by atoms with Crippen molar-refractivity contribution < 1.29 is 18.3 Å². The molecule has 3 nitrogen and oxygen atoms in total. The van der Waals surface area contributed by atoms with Gasteiger partial charge in [0.15, 0.2) is 0 Å². The second-order valence-electron chi connectivity index (χ2n) is 3.60. The van der Waals surface area contributed by atoms with Crippen molar-refractivity contribution in [2.75, 3.05) is 6.54 Å². The highest BCUT2D eigenvalue weighted by molar-refractivity contribution is 6.30. The van der Waals surface area contributed by atoms with Crippen molar-refractivity contribution in [2.24, 2.45) is 0 Å². The summed E-state index contributed by atoms with van der Waals surface area (Å²) < 4.78 is 28.1. The molecule has 0 heterocycles. The zero-order valence-corrected chi connectivity index (χ0v) is 10.6. The van der Waals surface area contributed by atoms with E-state index in [4.69, 9.17) is 11.6 Å². The highest BCUT2D eigenvalue weighted by Crippen LogP contribution is 2.23. The van der Waals surface area contributed by atoms with Crippen molar-refractivity contribution in [2.45, 2.75) is 25.3 Å². The smallest absolute Gasteiger partial charge is 0.387 e. The molecule has 0 radical (unpaired) electrons. The van der Waals surface area contributed by atoms with Crippen LogP contribution in [0, 0.1) is 0 Å². The molecule has 1 N–H and O–H groups in total. The molecule has 1 amide bonds. The Bertz CT molecular complexity index is 384. The fraction of sp³-hybridized carbons (Fsp3) is 0.417. The van der Waals surface area contributed by atoms with E-state index >= 15 is 0 Å². The molecule has 100 valence electrons. The van der Waals surface area contributed by atoms with Crippen LogP contribution in [0.1, 0.15) is 24.3 Å². The van der Waals surface area contributed by atoms with Crippen LogP contribution in [-0.4, -0.2) is 19.1 Å².